The summed E-state index contributed by atoms with van der Waals surface area (Å²) in [6.07, 6.45) is 5.57. The number of likely N-dealkylation sites (tertiary alicyclic amines) is 1. The van der Waals surface area contributed by atoms with Gasteiger partial charge in [0.15, 0.2) is 5.96 Å². The van der Waals surface area contributed by atoms with Gasteiger partial charge in [0, 0.05) is 38.3 Å². The van der Waals surface area contributed by atoms with Crippen LogP contribution in [0.1, 0.15) is 50.8 Å². The predicted octanol–water partition coefficient (Wildman–Crippen LogP) is 3.10. The maximum Gasteiger partial charge on any atom is 0.225 e. The number of nitrogens with one attached hydrogen (secondary N) is 2. The minimum absolute atomic E-state index is 0. The smallest absolute Gasteiger partial charge is 0.225 e. The molecule has 1 aromatic heterocycles. The highest BCUT2D eigenvalue weighted by atomic mass is 127. The van der Waals surface area contributed by atoms with Gasteiger partial charge >= 0.3 is 0 Å². The first-order valence-corrected chi connectivity index (χ1v) is 9.75. The van der Waals surface area contributed by atoms with E-state index in [1.807, 2.05) is 17.2 Å². The van der Waals surface area contributed by atoms with Gasteiger partial charge in [-0.2, -0.15) is 0 Å². The van der Waals surface area contributed by atoms with Gasteiger partial charge in [0.25, 0.3) is 0 Å². The molecule has 6 nitrogen and oxygen atoms in total. The molecule has 0 atom stereocenters. The van der Waals surface area contributed by atoms with Crippen molar-refractivity contribution in [2.24, 2.45) is 10.9 Å². The molecule has 0 saturated carbocycles. The predicted molar refractivity (Wildman–Crippen MR) is 121 cm³/mol. The van der Waals surface area contributed by atoms with Crippen molar-refractivity contribution in [2.45, 2.75) is 59.0 Å². The van der Waals surface area contributed by atoms with E-state index in [0.717, 1.165) is 50.4 Å². The molecule has 0 spiro atoms. The standard InChI is InChI=1S/C20H33N5O.HI/c1-5-16(6-2)19(26)25-12-9-17(10-13-25)24-20(21-4)23-14-18-15(3)8-7-11-22-18;/h7-8,11,16-17H,5-6,9-10,12-14H2,1-4H3,(H2,21,23,24);1H. The highest BCUT2D eigenvalue weighted by molar-refractivity contribution is 14.0. The number of aliphatic imine (C=N–C) groups is 1. The third-order valence-corrected chi connectivity index (χ3v) is 5.25. The van der Waals surface area contributed by atoms with E-state index < -0.39 is 0 Å². The SMILES string of the molecule is CCC(CC)C(=O)N1CCC(NC(=NC)NCc2ncccc2C)CC1.I. The van der Waals surface area contributed by atoms with Gasteiger partial charge in [-0.25, -0.2) is 0 Å². The van der Waals surface area contributed by atoms with Crippen molar-refractivity contribution >= 4 is 35.8 Å². The van der Waals surface area contributed by atoms with Crippen molar-refractivity contribution in [3.05, 3.63) is 29.6 Å². The first kappa shape index (κ1) is 23.7. The number of halogens is 1. The van der Waals surface area contributed by atoms with Crippen LogP contribution >= 0.6 is 24.0 Å². The zero-order chi connectivity index (χ0) is 18.9. The van der Waals surface area contributed by atoms with E-state index in [2.05, 4.69) is 47.4 Å². The number of hydrogen-bond acceptors (Lipinski definition) is 3. The molecule has 0 radical (unpaired) electrons. The lowest BCUT2D eigenvalue weighted by Crippen LogP contribution is -2.50. The van der Waals surface area contributed by atoms with Crippen LogP contribution in [0.15, 0.2) is 23.3 Å². The monoisotopic (exact) mass is 487 g/mol. The number of aryl methyl sites for hydroxylation is 1. The molecule has 2 N–H and O–H groups in total. The summed E-state index contributed by atoms with van der Waals surface area (Å²) in [4.78, 5) is 23.3. The number of piperidine rings is 1. The molecule has 1 aromatic rings. The lowest BCUT2D eigenvalue weighted by molar-refractivity contribution is -0.136. The maximum absolute atomic E-state index is 12.5. The molecule has 0 unspecified atom stereocenters. The van der Waals surface area contributed by atoms with Crippen molar-refractivity contribution in [2.75, 3.05) is 20.1 Å². The van der Waals surface area contributed by atoms with Crippen molar-refractivity contribution < 1.29 is 4.79 Å². The molecular formula is C20H34IN5O. The van der Waals surface area contributed by atoms with E-state index in [-0.39, 0.29) is 29.9 Å². The summed E-state index contributed by atoms with van der Waals surface area (Å²) >= 11 is 0. The van der Waals surface area contributed by atoms with E-state index in [1.165, 1.54) is 5.56 Å². The number of carbonyl (C=O) groups is 1. The van der Waals surface area contributed by atoms with Crippen LogP contribution in [0.4, 0.5) is 0 Å². The Balaban J connectivity index is 0.00000364. The molecule has 2 heterocycles. The van der Waals surface area contributed by atoms with Crippen LogP contribution in [-0.2, 0) is 11.3 Å². The van der Waals surface area contributed by atoms with Crippen LogP contribution in [0.5, 0.6) is 0 Å². The summed E-state index contributed by atoms with van der Waals surface area (Å²) in [6, 6.07) is 4.35. The molecule has 0 aromatic carbocycles. The molecule has 1 aliphatic rings. The van der Waals surface area contributed by atoms with Crippen LogP contribution in [0.3, 0.4) is 0 Å². The van der Waals surface area contributed by atoms with Gasteiger partial charge in [0.2, 0.25) is 5.91 Å². The zero-order valence-electron chi connectivity index (χ0n) is 17.0. The Morgan fingerprint density at radius 1 is 1.33 bits per heavy atom. The second-order valence-corrected chi connectivity index (χ2v) is 6.95. The molecule has 152 valence electrons. The Labute approximate surface area is 180 Å². The Hall–Kier alpha value is -1.38. The summed E-state index contributed by atoms with van der Waals surface area (Å²) in [5.74, 6) is 1.29. The molecule has 27 heavy (non-hydrogen) atoms. The highest BCUT2D eigenvalue weighted by Gasteiger charge is 2.26. The number of rotatable bonds is 6. The average Bonchev–Trinajstić information content (AvgIpc) is 2.67. The van der Waals surface area contributed by atoms with Gasteiger partial charge < -0.3 is 15.5 Å². The fourth-order valence-electron chi connectivity index (χ4n) is 3.40. The van der Waals surface area contributed by atoms with Gasteiger partial charge in [-0.15, -0.1) is 24.0 Å². The molecule has 1 aliphatic heterocycles. The van der Waals surface area contributed by atoms with Crippen molar-refractivity contribution in [3.63, 3.8) is 0 Å². The van der Waals surface area contributed by atoms with Crippen molar-refractivity contribution in [1.82, 2.24) is 20.5 Å². The quantitative estimate of drug-likeness (QED) is 0.368. The Morgan fingerprint density at radius 3 is 2.56 bits per heavy atom. The topological polar surface area (TPSA) is 69.6 Å². The maximum atomic E-state index is 12.5. The number of hydrogen-bond donors (Lipinski definition) is 2. The van der Waals surface area contributed by atoms with Gasteiger partial charge in [-0.3, -0.25) is 14.8 Å². The van der Waals surface area contributed by atoms with Crippen molar-refractivity contribution in [1.29, 1.82) is 0 Å². The van der Waals surface area contributed by atoms with Gasteiger partial charge in [-0.1, -0.05) is 19.9 Å². The number of guanidine groups is 1. The number of amides is 1. The zero-order valence-corrected chi connectivity index (χ0v) is 19.3. The largest absolute Gasteiger partial charge is 0.354 e. The first-order valence-electron chi connectivity index (χ1n) is 9.75. The molecule has 1 fully saturated rings. The van der Waals surface area contributed by atoms with Crippen LogP contribution in [0.25, 0.3) is 0 Å². The third kappa shape index (κ3) is 6.93. The summed E-state index contributed by atoms with van der Waals surface area (Å²) in [5, 5.41) is 6.83. The van der Waals surface area contributed by atoms with Crippen LogP contribution in [0, 0.1) is 12.8 Å². The van der Waals surface area contributed by atoms with E-state index in [4.69, 9.17) is 0 Å². The Morgan fingerprint density at radius 2 is 2.00 bits per heavy atom. The third-order valence-electron chi connectivity index (χ3n) is 5.25. The highest BCUT2D eigenvalue weighted by Crippen LogP contribution is 2.17. The molecular weight excluding hydrogens is 453 g/mol. The second kappa shape index (κ2) is 12.2. The molecule has 1 amide bonds. The van der Waals surface area contributed by atoms with Crippen LogP contribution < -0.4 is 10.6 Å². The Kier molecular flexibility index (Phi) is 10.6. The summed E-state index contributed by atoms with van der Waals surface area (Å²) in [6.45, 7) is 8.55. The minimum Gasteiger partial charge on any atom is -0.354 e. The molecule has 7 heteroatoms. The lowest BCUT2D eigenvalue weighted by atomic mass is 9.98. The van der Waals surface area contributed by atoms with E-state index in [0.29, 0.717) is 18.5 Å². The normalized spacial score (nSPS) is 15.4. The molecule has 2 rings (SSSR count). The van der Waals surface area contributed by atoms with E-state index >= 15 is 0 Å². The number of aromatic nitrogens is 1. The van der Waals surface area contributed by atoms with Crippen molar-refractivity contribution in [3.8, 4) is 0 Å². The molecule has 0 aliphatic carbocycles. The first-order chi connectivity index (χ1) is 12.6. The number of pyridine rings is 1. The van der Waals surface area contributed by atoms with Gasteiger partial charge in [-0.05, 0) is 44.2 Å². The fraction of sp³-hybridized carbons (Fsp3) is 0.650. The van der Waals surface area contributed by atoms with Crippen LogP contribution in [-0.4, -0.2) is 47.9 Å². The average molecular weight is 487 g/mol. The fourth-order valence-corrected chi connectivity index (χ4v) is 3.40. The summed E-state index contributed by atoms with van der Waals surface area (Å²) in [5.41, 5.74) is 2.20. The van der Waals surface area contributed by atoms with Gasteiger partial charge in [0.1, 0.15) is 0 Å². The lowest BCUT2D eigenvalue weighted by Gasteiger charge is -2.34. The summed E-state index contributed by atoms with van der Waals surface area (Å²) in [7, 11) is 1.78. The molecule has 1 saturated heterocycles. The second-order valence-electron chi connectivity index (χ2n) is 6.95. The summed E-state index contributed by atoms with van der Waals surface area (Å²) < 4.78 is 0. The van der Waals surface area contributed by atoms with E-state index in [9.17, 15) is 4.79 Å². The van der Waals surface area contributed by atoms with E-state index in [1.54, 1.807) is 7.05 Å². The molecule has 0 bridgehead atoms. The number of nitrogens with zero attached hydrogens (tertiary/aromatic N) is 3. The van der Waals surface area contributed by atoms with Crippen LogP contribution in [0.2, 0.25) is 0 Å². The number of carbonyl (C=O) groups excluding carboxylic acids is 1. The van der Waals surface area contributed by atoms with Gasteiger partial charge in [0.05, 0.1) is 12.2 Å². The minimum atomic E-state index is 0. The Bertz CT molecular complexity index is 610.